The van der Waals surface area contributed by atoms with E-state index in [1.54, 1.807) is 13.2 Å². The van der Waals surface area contributed by atoms with Gasteiger partial charge in [0, 0.05) is 0 Å². The van der Waals surface area contributed by atoms with Gasteiger partial charge >= 0.3 is 6.09 Å². The van der Waals surface area contributed by atoms with E-state index in [-0.39, 0.29) is 6.04 Å². The highest BCUT2D eigenvalue weighted by Gasteiger charge is 2.23. The molecule has 0 saturated heterocycles. The van der Waals surface area contributed by atoms with Crippen molar-refractivity contribution in [3.05, 3.63) is 58.6 Å². The number of carbonyl (C=O) groups excluding carboxylic acids is 1. The van der Waals surface area contributed by atoms with Gasteiger partial charge in [0.05, 0.1) is 35.0 Å². The molecule has 0 aliphatic rings. The summed E-state index contributed by atoms with van der Waals surface area (Å²) in [6.07, 6.45) is -0.0121. The molecule has 1 atom stereocenters. The van der Waals surface area contributed by atoms with Crippen LogP contribution in [0.5, 0.6) is 5.75 Å². The van der Waals surface area contributed by atoms with E-state index in [2.05, 4.69) is 11.4 Å². The Balaban J connectivity index is 1.93. The van der Waals surface area contributed by atoms with Gasteiger partial charge in [0.2, 0.25) is 0 Å². The molecule has 7 heteroatoms. The summed E-state index contributed by atoms with van der Waals surface area (Å²) in [6, 6.07) is 14.8. The second-order valence-corrected chi connectivity index (χ2v) is 8.66. The predicted molar refractivity (Wildman–Crippen MR) is 113 cm³/mol. The molecule has 0 bridgehead atoms. The van der Waals surface area contributed by atoms with Crippen molar-refractivity contribution in [2.24, 2.45) is 0 Å². The van der Waals surface area contributed by atoms with Gasteiger partial charge in [0.25, 0.3) is 0 Å². The maximum Gasteiger partial charge on any atom is 0.408 e. The van der Waals surface area contributed by atoms with Crippen molar-refractivity contribution in [2.75, 3.05) is 7.11 Å². The van der Waals surface area contributed by atoms with E-state index >= 15 is 0 Å². The van der Waals surface area contributed by atoms with Crippen LogP contribution < -0.4 is 10.1 Å². The van der Waals surface area contributed by atoms with Crippen LogP contribution in [0.4, 0.5) is 4.79 Å². The quantitative estimate of drug-likeness (QED) is 0.642. The number of hydrogen-bond donors (Lipinski definition) is 1. The lowest BCUT2D eigenvalue weighted by Gasteiger charge is -2.23. The maximum absolute atomic E-state index is 12.4. The topological polar surface area (TPSA) is 84.2 Å². The minimum absolute atomic E-state index is 0.387. The van der Waals surface area contributed by atoms with Gasteiger partial charge in [-0.1, -0.05) is 12.1 Å². The molecule has 3 aromatic rings. The van der Waals surface area contributed by atoms with E-state index in [1.807, 2.05) is 57.2 Å². The number of carbonyl (C=O) groups is 1. The molecule has 0 spiro atoms. The Morgan fingerprint density at radius 1 is 1.28 bits per heavy atom. The number of methoxy groups -OCH3 is 1. The Morgan fingerprint density at radius 2 is 2.07 bits per heavy atom. The Morgan fingerprint density at radius 3 is 2.76 bits per heavy atom. The molecule has 1 amide bonds. The molecule has 1 N–H and O–H groups in total. The first-order chi connectivity index (χ1) is 13.8. The van der Waals surface area contributed by atoms with E-state index in [4.69, 9.17) is 19.7 Å². The van der Waals surface area contributed by atoms with Gasteiger partial charge in [0.1, 0.15) is 16.4 Å². The number of hydrogen-bond acceptors (Lipinski definition) is 6. The standard InChI is InChI=1S/C22H23N3O3S/c1-22(2,3)28-21(26)25-18(11-14-6-5-7-15(10-14)13-23)20-24-17-9-8-16(27-4)12-19(17)29-20/h5-10,12,18H,11H2,1-4H3,(H,25,26). The number of nitrogens with one attached hydrogen (secondary N) is 1. The number of nitrogens with zero attached hydrogens (tertiary/aromatic N) is 2. The van der Waals surface area contributed by atoms with Gasteiger partial charge in [0.15, 0.2) is 0 Å². The van der Waals surface area contributed by atoms with Crippen molar-refractivity contribution in [3.63, 3.8) is 0 Å². The molecule has 150 valence electrons. The van der Waals surface area contributed by atoms with Gasteiger partial charge in [-0.25, -0.2) is 9.78 Å². The van der Waals surface area contributed by atoms with Crippen LogP contribution in [0.1, 0.15) is 42.9 Å². The molecule has 29 heavy (non-hydrogen) atoms. The molecule has 6 nitrogen and oxygen atoms in total. The number of aromatic nitrogens is 1. The molecule has 1 aromatic heterocycles. The third kappa shape index (κ3) is 5.46. The highest BCUT2D eigenvalue weighted by Crippen LogP contribution is 2.31. The minimum atomic E-state index is -0.601. The summed E-state index contributed by atoms with van der Waals surface area (Å²) in [5, 5.41) is 12.9. The molecule has 1 heterocycles. The minimum Gasteiger partial charge on any atom is -0.497 e. The summed E-state index contributed by atoms with van der Waals surface area (Å²) >= 11 is 1.50. The first-order valence-corrected chi connectivity index (χ1v) is 10.0. The molecule has 0 fully saturated rings. The summed E-state index contributed by atoms with van der Waals surface area (Å²) < 4.78 is 11.7. The zero-order valence-electron chi connectivity index (χ0n) is 16.9. The summed E-state index contributed by atoms with van der Waals surface area (Å²) in [4.78, 5) is 17.1. The number of alkyl carbamates (subject to hydrolysis) is 1. The van der Waals surface area contributed by atoms with E-state index in [1.165, 1.54) is 11.3 Å². The Hall–Kier alpha value is -3.11. The molecule has 0 radical (unpaired) electrons. The number of rotatable bonds is 5. The fourth-order valence-corrected chi connectivity index (χ4v) is 3.90. The zero-order chi connectivity index (χ0) is 21.0. The third-order valence-corrected chi connectivity index (χ3v) is 5.23. The molecular weight excluding hydrogens is 386 g/mol. The average molecular weight is 410 g/mol. The summed E-state index contributed by atoms with van der Waals surface area (Å²) in [6.45, 7) is 5.46. The summed E-state index contributed by atoms with van der Waals surface area (Å²) in [5.41, 5.74) is 1.75. The first kappa shape index (κ1) is 20.6. The van der Waals surface area contributed by atoms with Crippen molar-refractivity contribution in [3.8, 4) is 11.8 Å². The van der Waals surface area contributed by atoms with E-state index in [0.717, 1.165) is 26.5 Å². The normalized spacial score (nSPS) is 12.2. The first-order valence-electron chi connectivity index (χ1n) is 9.20. The SMILES string of the molecule is COc1ccc2nc(C(Cc3cccc(C#N)c3)NC(=O)OC(C)(C)C)sc2c1. The number of ether oxygens (including phenoxy) is 2. The van der Waals surface area contributed by atoms with Gasteiger partial charge in [-0.05, 0) is 63.1 Å². The zero-order valence-corrected chi connectivity index (χ0v) is 17.7. The molecule has 1 unspecified atom stereocenters. The van der Waals surface area contributed by atoms with Crippen LogP contribution >= 0.6 is 11.3 Å². The fourth-order valence-electron chi connectivity index (χ4n) is 2.85. The number of benzene rings is 2. The van der Waals surface area contributed by atoms with Gasteiger partial charge in [-0.2, -0.15) is 5.26 Å². The van der Waals surface area contributed by atoms with E-state index in [0.29, 0.717) is 12.0 Å². The van der Waals surface area contributed by atoms with E-state index in [9.17, 15) is 4.79 Å². The van der Waals surface area contributed by atoms with Crippen molar-refractivity contribution in [1.29, 1.82) is 5.26 Å². The third-order valence-electron chi connectivity index (χ3n) is 4.10. The van der Waals surface area contributed by atoms with Crippen molar-refractivity contribution < 1.29 is 14.3 Å². The van der Waals surface area contributed by atoms with E-state index < -0.39 is 11.7 Å². The van der Waals surface area contributed by atoms with Crippen LogP contribution in [0.15, 0.2) is 42.5 Å². The molecule has 0 aliphatic heterocycles. The lowest BCUT2D eigenvalue weighted by atomic mass is 10.0. The van der Waals surface area contributed by atoms with Gasteiger partial charge in [-0.15, -0.1) is 11.3 Å². The highest BCUT2D eigenvalue weighted by atomic mass is 32.1. The monoisotopic (exact) mass is 409 g/mol. The maximum atomic E-state index is 12.4. The number of thiazole rings is 1. The lowest BCUT2D eigenvalue weighted by molar-refractivity contribution is 0.0503. The predicted octanol–water partition coefficient (Wildman–Crippen LogP) is 4.99. The Labute approximate surface area is 174 Å². The smallest absolute Gasteiger partial charge is 0.408 e. The number of amides is 1. The average Bonchev–Trinajstić information content (AvgIpc) is 3.09. The Kier molecular flexibility index (Phi) is 6.04. The van der Waals surface area contributed by atoms with Crippen LogP contribution in [0.25, 0.3) is 10.2 Å². The second-order valence-electron chi connectivity index (χ2n) is 7.60. The summed E-state index contributed by atoms with van der Waals surface area (Å²) in [7, 11) is 1.62. The largest absolute Gasteiger partial charge is 0.497 e. The molecular formula is C22H23N3O3S. The number of nitriles is 1. The van der Waals surface area contributed by atoms with Crippen molar-refractivity contribution in [2.45, 2.75) is 38.8 Å². The molecule has 0 aliphatic carbocycles. The Bertz CT molecular complexity index is 1060. The summed E-state index contributed by atoms with van der Waals surface area (Å²) in [5.74, 6) is 0.756. The van der Waals surface area contributed by atoms with Crippen LogP contribution in [-0.4, -0.2) is 23.8 Å². The second kappa shape index (κ2) is 8.50. The van der Waals surface area contributed by atoms with Crippen LogP contribution in [0.3, 0.4) is 0 Å². The van der Waals surface area contributed by atoms with Crippen LogP contribution in [0, 0.1) is 11.3 Å². The molecule has 3 rings (SSSR count). The lowest BCUT2D eigenvalue weighted by Crippen LogP contribution is -2.35. The molecule has 2 aromatic carbocycles. The fraction of sp³-hybridized carbons (Fsp3) is 0.318. The van der Waals surface area contributed by atoms with Crippen molar-refractivity contribution in [1.82, 2.24) is 10.3 Å². The highest BCUT2D eigenvalue weighted by molar-refractivity contribution is 7.18. The molecule has 0 saturated carbocycles. The van der Waals surface area contributed by atoms with Crippen molar-refractivity contribution >= 4 is 27.6 Å². The van der Waals surface area contributed by atoms with Gasteiger partial charge < -0.3 is 14.8 Å². The van der Waals surface area contributed by atoms with Crippen LogP contribution in [-0.2, 0) is 11.2 Å². The van der Waals surface area contributed by atoms with Crippen LogP contribution in [0.2, 0.25) is 0 Å². The van der Waals surface area contributed by atoms with Gasteiger partial charge in [-0.3, -0.25) is 0 Å². The number of fused-ring (bicyclic) bond motifs is 1.